The predicted octanol–water partition coefficient (Wildman–Crippen LogP) is -0.829. The minimum Gasteiger partial charge on any atom is -0.508 e. The van der Waals surface area contributed by atoms with E-state index < -0.39 is 59.9 Å². The van der Waals surface area contributed by atoms with Gasteiger partial charge in [0, 0.05) is 29.9 Å². The van der Waals surface area contributed by atoms with Crippen molar-refractivity contribution in [2.24, 2.45) is 11.5 Å². The first-order valence-electron chi connectivity index (χ1n) is 13.5. The smallest absolute Gasteiger partial charge is 0.326 e. The Labute approximate surface area is 246 Å². The number of aliphatic carboxylic acids is 1. The van der Waals surface area contributed by atoms with Crippen molar-refractivity contribution in [3.63, 3.8) is 0 Å². The van der Waals surface area contributed by atoms with Gasteiger partial charge in [-0.25, -0.2) is 4.79 Å². The third-order valence-corrected chi connectivity index (χ3v) is 6.82. The molecule has 0 saturated heterocycles. The molecule has 3 rings (SSSR count). The van der Waals surface area contributed by atoms with Crippen molar-refractivity contribution in [3.05, 3.63) is 65.9 Å². The number of carboxylic acids is 1. The maximum Gasteiger partial charge on any atom is 0.326 e. The number of aromatic hydroxyl groups is 1. The number of aromatic nitrogens is 1. The lowest BCUT2D eigenvalue weighted by atomic mass is 10.0. The topological polar surface area (TPSA) is 250 Å². The molecule has 1 heterocycles. The number of carbonyl (C=O) groups excluding carboxylic acids is 4. The van der Waals surface area contributed by atoms with Gasteiger partial charge in [-0.3, -0.25) is 19.2 Å². The number of benzene rings is 2. The van der Waals surface area contributed by atoms with Gasteiger partial charge in [0.1, 0.15) is 23.9 Å². The van der Waals surface area contributed by atoms with Crippen LogP contribution < -0.4 is 27.4 Å². The molecule has 2 aromatic carbocycles. The third kappa shape index (κ3) is 9.28. The van der Waals surface area contributed by atoms with E-state index in [1.807, 2.05) is 12.1 Å². The summed E-state index contributed by atoms with van der Waals surface area (Å²) in [5, 5.41) is 37.5. The first-order chi connectivity index (χ1) is 20.3. The number of primary amides is 1. The number of carboxylic acid groups (broad SMARTS) is 1. The van der Waals surface area contributed by atoms with E-state index in [4.69, 9.17) is 11.5 Å². The molecule has 5 unspecified atom stereocenters. The predicted molar refractivity (Wildman–Crippen MR) is 155 cm³/mol. The Morgan fingerprint density at radius 1 is 0.884 bits per heavy atom. The highest BCUT2D eigenvalue weighted by molar-refractivity contribution is 5.95. The van der Waals surface area contributed by atoms with Crippen LogP contribution in [0, 0.1) is 0 Å². The number of fused-ring (bicyclic) bond motifs is 1. The summed E-state index contributed by atoms with van der Waals surface area (Å²) in [4.78, 5) is 65.6. The Balaban J connectivity index is 1.70. The van der Waals surface area contributed by atoms with Crippen LogP contribution >= 0.6 is 0 Å². The van der Waals surface area contributed by atoms with E-state index in [-0.39, 0.29) is 31.4 Å². The number of amides is 4. The average Bonchev–Trinajstić information content (AvgIpc) is 3.36. The molecule has 5 atom stereocenters. The van der Waals surface area contributed by atoms with E-state index in [2.05, 4.69) is 20.9 Å². The number of H-pyrrole nitrogens is 1. The van der Waals surface area contributed by atoms with E-state index in [0.29, 0.717) is 11.1 Å². The van der Waals surface area contributed by atoms with E-state index in [9.17, 15) is 39.3 Å². The second-order valence-electron chi connectivity index (χ2n) is 10.2. The van der Waals surface area contributed by atoms with Crippen LogP contribution in [0.2, 0.25) is 0 Å². The van der Waals surface area contributed by atoms with Gasteiger partial charge in [-0.1, -0.05) is 30.3 Å². The summed E-state index contributed by atoms with van der Waals surface area (Å²) in [5.41, 5.74) is 13.3. The number of phenols is 1. The first-order valence-corrected chi connectivity index (χ1v) is 13.5. The molecular formula is C29H36N6O8. The van der Waals surface area contributed by atoms with E-state index in [0.717, 1.165) is 10.9 Å². The number of carbonyl (C=O) groups is 5. The van der Waals surface area contributed by atoms with Crippen LogP contribution in [0.1, 0.15) is 30.9 Å². The number of nitrogens with one attached hydrogen (secondary N) is 4. The van der Waals surface area contributed by atoms with Crippen LogP contribution in [0.3, 0.4) is 0 Å². The minimum atomic E-state index is -1.60. The molecule has 14 nitrogen and oxygen atoms in total. The highest BCUT2D eigenvalue weighted by Crippen LogP contribution is 2.19. The molecule has 4 amide bonds. The Morgan fingerprint density at radius 3 is 2.16 bits per heavy atom. The Bertz CT molecular complexity index is 1450. The van der Waals surface area contributed by atoms with Gasteiger partial charge in [0.05, 0.1) is 12.1 Å². The molecule has 0 aliphatic heterocycles. The normalized spacial score (nSPS) is 14.6. The van der Waals surface area contributed by atoms with Crippen molar-refractivity contribution in [1.29, 1.82) is 0 Å². The molecule has 11 N–H and O–H groups in total. The van der Waals surface area contributed by atoms with Crippen LogP contribution in [-0.4, -0.2) is 80.2 Å². The van der Waals surface area contributed by atoms with Gasteiger partial charge in [0.25, 0.3) is 0 Å². The highest BCUT2D eigenvalue weighted by atomic mass is 16.4. The molecule has 14 heteroatoms. The van der Waals surface area contributed by atoms with Gasteiger partial charge in [0.2, 0.25) is 23.6 Å². The van der Waals surface area contributed by atoms with Crippen LogP contribution in [0.25, 0.3) is 10.9 Å². The second kappa shape index (κ2) is 14.8. The lowest BCUT2D eigenvalue weighted by Crippen LogP contribution is -2.60. The molecule has 0 aliphatic carbocycles. The van der Waals surface area contributed by atoms with E-state index in [1.54, 1.807) is 30.5 Å². The van der Waals surface area contributed by atoms with Gasteiger partial charge in [-0.05, 0) is 49.1 Å². The van der Waals surface area contributed by atoms with Crippen molar-refractivity contribution in [1.82, 2.24) is 20.9 Å². The van der Waals surface area contributed by atoms with Gasteiger partial charge in [0.15, 0.2) is 0 Å². The standard InChI is InChI=1S/C29H36N6O8/c1-15(36)25(28(41)34-23(29(42)43)13-17-14-32-21-5-3-2-4-19(17)21)35-27(40)22(10-11-24(31)38)33-26(39)20(30)12-16-6-8-18(37)9-7-16/h2-9,14-15,20,22-23,25,32,36-37H,10-13,30H2,1H3,(H2,31,38)(H,33,39)(H,34,41)(H,35,40)(H,42,43). The van der Waals surface area contributed by atoms with Crippen LogP contribution in [-0.2, 0) is 36.8 Å². The number of aliphatic hydroxyl groups excluding tert-OH is 1. The zero-order valence-electron chi connectivity index (χ0n) is 23.4. The number of para-hydroxylation sites is 1. The minimum absolute atomic E-state index is 0.0364. The van der Waals surface area contributed by atoms with Crippen molar-refractivity contribution < 1.29 is 39.3 Å². The lowest BCUT2D eigenvalue weighted by molar-refractivity contribution is -0.143. The van der Waals surface area contributed by atoms with Gasteiger partial charge >= 0.3 is 5.97 Å². The number of hydrogen-bond donors (Lipinski definition) is 9. The highest BCUT2D eigenvalue weighted by Gasteiger charge is 2.33. The zero-order chi connectivity index (χ0) is 31.7. The molecule has 0 saturated carbocycles. The fourth-order valence-corrected chi connectivity index (χ4v) is 4.45. The molecule has 230 valence electrons. The third-order valence-electron chi connectivity index (χ3n) is 6.82. The summed E-state index contributed by atoms with van der Waals surface area (Å²) in [5.74, 6) is -4.67. The molecule has 0 bridgehead atoms. The fourth-order valence-electron chi connectivity index (χ4n) is 4.45. The number of nitrogens with two attached hydrogens (primary N) is 2. The molecule has 0 fully saturated rings. The van der Waals surface area contributed by atoms with Crippen molar-refractivity contribution in [2.45, 2.75) is 62.9 Å². The quantitative estimate of drug-likeness (QED) is 0.106. The number of phenolic OH excluding ortho intramolecular Hbond substituents is 1. The molecule has 43 heavy (non-hydrogen) atoms. The summed E-state index contributed by atoms with van der Waals surface area (Å²) in [6.45, 7) is 1.23. The molecule has 0 radical (unpaired) electrons. The Hall–Kier alpha value is -4.95. The van der Waals surface area contributed by atoms with Crippen molar-refractivity contribution >= 4 is 40.5 Å². The van der Waals surface area contributed by atoms with Crippen LogP contribution in [0.15, 0.2) is 54.7 Å². The number of aliphatic hydroxyl groups is 1. The first kappa shape index (κ1) is 32.6. The molecular weight excluding hydrogens is 560 g/mol. The largest absolute Gasteiger partial charge is 0.508 e. The van der Waals surface area contributed by atoms with E-state index >= 15 is 0 Å². The number of aromatic amines is 1. The SMILES string of the molecule is CC(O)C(NC(=O)C(CCC(N)=O)NC(=O)C(N)Cc1ccc(O)cc1)C(=O)NC(Cc1c[nH]c2ccccc12)C(=O)O. The molecule has 3 aromatic rings. The molecule has 1 aromatic heterocycles. The van der Waals surface area contributed by atoms with Crippen LogP contribution in [0.5, 0.6) is 5.75 Å². The van der Waals surface area contributed by atoms with Gasteiger partial charge in [-0.15, -0.1) is 0 Å². The maximum atomic E-state index is 13.2. The Morgan fingerprint density at radius 2 is 1.53 bits per heavy atom. The summed E-state index contributed by atoms with van der Waals surface area (Å²) in [7, 11) is 0. The van der Waals surface area contributed by atoms with Crippen molar-refractivity contribution in [3.8, 4) is 5.75 Å². The van der Waals surface area contributed by atoms with Crippen LogP contribution in [0.4, 0.5) is 0 Å². The monoisotopic (exact) mass is 596 g/mol. The zero-order valence-corrected chi connectivity index (χ0v) is 23.4. The lowest BCUT2D eigenvalue weighted by Gasteiger charge is -2.26. The van der Waals surface area contributed by atoms with Gasteiger partial charge in [-0.2, -0.15) is 0 Å². The van der Waals surface area contributed by atoms with E-state index in [1.165, 1.54) is 19.1 Å². The summed E-state index contributed by atoms with van der Waals surface area (Å²) >= 11 is 0. The fraction of sp³-hybridized carbons (Fsp3) is 0.345. The van der Waals surface area contributed by atoms with Gasteiger partial charge < -0.3 is 47.7 Å². The second-order valence-corrected chi connectivity index (χ2v) is 10.2. The maximum absolute atomic E-state index is 13.2. The summed E-state index contributed by atoms with van der Waals surface area (Å²) in [6, 6.07) is 7.79. The number of hydrogen-bond acceptors (Lipinski definition) is 8. The molecule has 0 spiro atoms. The summed E-state index contributed by atoms with van der Waals surface area (Å²) in [6.07, 6.45) is -0.354. The van der Waals surface area contributed by atoms with Crippen molar-refractivity contribution in [2.75, 3.05) is 0 Å². The average molecular weight is 597 g/mol. The summed E-state index contributed by atoms with van der Waals surface area (Å²) < 4.78 is 0. The molecule has 0 aliphatic rings. The Kier molecular flexibility index (Phi) is 11.2. The number of rotatable bonds is 15.